The lowest BCUT2D eigenvalue weighted by Crippen LogP contribution is -2.39. The Kier molecular flexibility index (Phi) is 5.16. The molecule has 0 spiro atoms. The Bertz CT molecular complexity index is 928. The second-order valence-electron chi connectivity index (χ2n) is 6.69. The zero-order valence-corrected chi connectivity index (χ0v) is 15.5. The second kappa shape index (κ2) is 7.88. The summed E-state index contributed by atoms with van der Waals surface area (Å²) < 4.78 is 5.99. The van der Waals surface area contributed by atoms with Crippen LogP contribution >= 0.6 is 11.6 Å². The number of halogens is 1. The summed E-state index contributed by atoms with van der Waals surface area (Å²) in [5.41, 5.74) is 1.63. The summed E-state index contributed by atoms with van der Waals surface area (Å²) in [5, 5.41) is 8.22. The Morgan fingerprint density at radius 1 is 1.26 bits per heavy atom. The highest BCUT2D eigenvalue weighted by atomic mass is 35.5. The van der Waals surface area contributed by atoms with Crippen molar-refractivity contribution in [3.05, 3.63) is 76.7 Å². The molecule has 1 fully saturated rings. The van der Waals surface area contributed by atoms with Crippen LogP contribution in [0.4, 0.5) is 0 Å². The third kappa shape index (κ3) is 4.17. The van der Waals surface area contributed by atoms with Crippen molar-refractivity contribution in [1.29, 1.82) is 0 Å². The number of benzene rings is 1. The molecule has 138 valence electrons. The molecule has 1 saturated heterocycles. The molecule has 2 aromatic heterocycles. The number of rotatable bonds is 4. The van der Waals surface area contributed by atoms with Gasteiger partial charge >= 0.3 is 0 Å². The number of piperidine rings is 1. The van der Waals surface area contributed by atoms with E-state index < -0.39 is 0 Å². The average Bonchev–Trinajstić information content (AvgIpc) is 3.17. The van der Waals surface area contributed by atoms with Crippen molar-refractivity contribution in [1.82, 2.24) is 20.1 Å². The third-order valence-electron chi connectivity index (χ3n) is 4.73. The molecule has 4 rings (SSSR count). The van der Waals surface area contributed by atoms with Crippen molar-refractivity contribution in [2.24, 2.45) is 0 Å². The van der Waals surface area contributed by atoms with E-state index in [0.29, 0.717) is 29.4 Å². The normalized spacial score (nSPS) is 17.1. The molecule has 0 saturated carbocycles. The van der Waals surface area contributed by atoms with Crippen molar-refractivity contribution < 1.29 is 9.21 Å². The highest BCUT2D eigenvalue weighted by Crippen LogP contribution is 2.28. The predicted octanol–water partition coefficient (Wildman–Crippen LogP) is 3.73. The molecule has 3 aromatic rings. The third-order valence-corrected chi connectivity index (χ3v) is 4.96. The maximum Gasteiger partial charge on any atom is 0.255 e. The van der Waals surface area contributed by atoms with Gasteiger partial charge < -0.3 is 9.32 Å². The molecule has 0 unspecified atom stereocenters. The van der Waals surface area contributed by atoms with Crippen LogP contribution in [0.2, 0.25) is 5.02 Å². The molecule has 0 bridgehead atoms. The Hall–Kier alpha value is -2.73. The fourth-order valence-electron chi connectivity index (χ4n) is 3.40. The molecule has 3 heterocycles. The van der Waals surface area contributed by atoms with Gasteiger partial charge in [0, 0.05) is 24.5 Å². The van der Waals surface area contributed by atoms with Crippen LogP contribution in [0.5, 0.6) is 0 Å². The van der Waals surface area contributed by atoms with E-state index in [2.05, 4.69) is 15.2 Å². The number of hydrogen-bond donors (Lipinski definition) is 0. The second-order valence-corrected chi connectivity index (χ2v) is 7.13. The zero-order valence-electron chi connectivity index (χ0n) is 14.7. The van der Waals surface area contributed by atoms with E-state index in [4.69, 9.17) is 16.0 Å². The van der Waals surface area contributed by atoms with Gasteiger partial charge in [-0.25, -0.2) is 4.98 Å². The van der Waals surface area contributed by atoms with Gasteiger partial charge in [-0.1, -0.05) is 23.7 Å². The van der Waals surface area contributed by atoms with Crippen molar-refractivity contribution >= 4 is 17.5 Å². The Balaban J connectivity index is 1.44. The molecule has 0 N–H and O–H groups in total. The number of amides is 1. The molecule has 1 aliphatic heterocycles. The van der Waals surface area contributed by atoms with Crippen LogP contribution in [0.1, 0.15) is 46.3 Å². The van der Waals surface area contributed by atoms with Crippen LogP contribution in [0.25, 0.3) is 0 Å². The SMILES string of the molecule is O=C(c1ccnnc1)N1CCC[C@H](c2ncc(Cc3cccc(Cl)c3)o2)C1. The minimum Gasteiger partial charge on any atom is -0.445 e. The molecule has 0 aliphatic carbocycles. The van der Waals surface area contributed by atoms with E-state index in [1.54, 1.807) is 12.3 Å². The van der Waals surface area contributed by atoms with E-state index >= 15 is 0 Å². The van der Waals surface area contributed by atoms with Crippen LogP contribution < -0.4 is 0 Å². The first kappa shape index (κ1) is 17.7. The first-order valence-corrected chi connectivity index (χ1v) is 9.32. The lowest BCUT2D eigenvalue weighted by atomic mass is 9.97. The van der Waals surface area contributed by atoms with E-state index in [0.717, 1.165) is 30.7 Å². The Morgan fingerprint density at radius 2 is 2.19 bits per heavy atom. The van der Waals surface area contributed by atoms with Gasteiger partial charge in [0.25, 0.3) is 5.91 Å². The maximum absolute atomic E-state index is 12.6. The zero-order chi connectivity index (χ0) is 18.6. The van der Waals surface area contributed by atoms with Gasteiger partial charge in [-0.15, -0.1) is 0 Å². The summed E-state index contributed by atoms with van der Waals surface area (Å²) in [6.07, 6.45) is 7.32. The van der Waals surface area contributed by atoms with Crippen molar-refractivity contribution in [3.63, 3.8) is 0 Å². The van der Waals surface area contributed by atoms with Gasteiger partial charge in [0.1, 0.15) is 5.76 Å². The van der Waals surface area contributed by atoms with Crippen LogP contribution in [0, 0.1) is 0 Å². The fourth-order valence-corrected chi connectivity index (χ4v) is 3.62. The van der Waals surface area contributed by atoms with Gasteiger partial charge in [0.2, 0.25) is 0 Å². The number of aromatic nitrogens is 3. The Labute approximate surface area is 162 Å². The van der Waals surface area contributed by atoms with Crippen LogP contribution in [0.3, 0.4) is 0 Å². The fraction of sp³-hybridized carbons (Fsp3) is 0.300. The van der Waals surface area contributed by atoms with Crippen molar-refractivity contribution in [3.8, 4) is 0 Å². The van der Waals surface area contributed by atoms with Crippen LogP contribution in [-0.4, -0.2) is 39.1 Å². The molecule has 1 aliphatic rings. The smallest absolute Gasteiger partial charge is 0.255 e. The number of carbonyl (C=O) groups excluding carboxylic acids is 1. The summed E-state index contributed by atoms with van der Waals surface area (Å²) in [5.74, 6) is 1.57. The molecule has 0 radical (unpaired) electrons. The van der Waals surface area contributed by atoms with E-state index in [1.165, 1.54) is 12.4 Å². The standard InChI is InChI=1S/C20H19ClN4O2/c21-17-5-1-3-14(9-17)10-18-12-22-19(27-18)16-4-2-8-25(13-16)20(26)15-6-7-23-24-11-15/h1,3,5-7,9,11-12,16H,2,4,8,10,13H2/t16-/m0/s1. The highest BCUT2D eigenvalue weighted by Gasteiger charge is 2.28. The lowest BCUT2D eigenvalue weighted by Gasteiger charge is -2.31. The number of hydrogen-bond acceptors (Lipinski definition) is 5. The predicted molar refractivity (Wildman–Crippen MR) is 101 cm³/mol. The monoisotopic (exact) mass is 382 g/mol. The van der Waals surface area contributed by atoms with Crippen molar-refractivity contribution in [2.45, 2.75) is 25.2 Å². The molecular weight excluding hydrogens is 364 g/mol. The maximum atomic E-state index is 12.6. The summed E-state index contributed by atoms with van der Waals surface area (Å²) >= 11 is 6.04. The van der Waals surface area contributed by atoms with E-state index in [9.17, 15) is 4.79 Å². The summed E-state index contributed by atoms with van der Waals surface area (Å²) in [6, 6.07) is 9.40. The van der Waals surface area contributed by atoms with Crippen LogP contribution in [-0.2, 0) is 6.42 Å². The largest absolute Gasteiger partial charge is 0.445 e. The quantitative estimate of drug-likeness (QED) is 0.687. The molecular formula is C20H19ClN4O2. The summed E-state index contributed by atoms with van der Waals surface area (Å²) in [7, 11) is 0. The van der Waals surface area contributed by atoms with E-state index in [1.807, 2.05) is 29.2 Å². The van der Waals surface area contributed by atoms with Gasteiger partial charge in [-0.2, -0.15) is 10.2 Å². The molecule has 27 heavy (non-hydrogen) atoms. The minimum atomic E-state index is -0.0275. The lowest BCUT2D eigenvalue weighted by molar-refractivity contribution is 0.0697. The molecule has 1 atom stereocenters. The van der Waals surface area contributed by atoms with Crippen molar-refractivity contribution in [2.75, 3.05) is 13.1 Å². The van der Waals surface area contributed by atoms with Gasteiger partial charge in [-0.3, -0.25) is 4.79 Å². The summed E-state index contributed by atoms with van der Waals surface area (Å²) in [6.45, 7) is 1.33. The van der Waals surface area contributed by atoms with Crippen LogP contribution in [0.15, 0.2) is 53.3 Å². The number of nitrogens with zero attached hydrogens (tertiary/aromatic N) is 4. The first-order valence-electron chi connectivity index (χ1n) is 8.94. The summed E-state index contributed by atoms with van der Waals surface area (Å²) in [4.78, 5) is 19.0. The molecule has 6 nitrogen and oxygen atoms in total. The molecule has 1 amide bonds. The van der Waals surface area contributed by atoms with E-state index in [-0.39, 0.29) is 11.8 Å². The Morgan fingerprint density at radius 3 is 3.00 bits per heavy atom. The topological polar surface area (TPSA) is 72.1 Å². The minimum absolute atomic E-state index is 0.0275. The molecule has 7 heteroatoms. The number of carbonyl (C=O) groups is 1. The van der Waals surface area contributed by atoms with Gasteiger partial charge in [-0.05, 0) is 36.6 Å². The average molecular weight is 383 g/mol. The number of likely N-dealkylation sites (tertiary alicyclic amines) is 1. The highest BCUT2D eigenvalue weighted by molar-refractivity contribution is 6.30. The molecule has 1 aromatic carbocycles. The van der Waals surface area contributed by atoms with Gasteiger partial charge in [0.05, 0.1) is 30.1 Å². The number of oxazole rings is 1. The first-order chi connectivity index (χ1) is 13.2. The van der Waals surface area contributed by atoms with Gasteiger partial charge in [0.15, 0.2) is 5.89 Å².